The molecule has 4 atom stereocenters. The number of fused-ring (bicyclic) bond motifs is 1. The number of nitrogens with one attached hydrogen (secondary N) is 2. The molecule has 1 heterocycles. The van der Waals surface area contributed by atoms with E-state index in [4.69, 9.17) is 0 Å². The molecule has 0 spiro atoms. The summed E-state index contributed by atoms with van der Waals surface area (Å²) in [6.07, 6.45) is 3.86. The van der Waals surface area contributed by atoms with Crippen molar-refractivity contribution in [3.63, 3.8) is 0 Å². The van der Waals surface area contributed by atoms with Crippen LogP contribution in [-0.2, 0) is 19.4 Å². The maximum atomic E-state index is 12.8. The molecular formula is C21H30N2O4S2. The number of carbonyl (C=O) groups is 2. The topological polar surface area (TPSA) is 92.3 Å². The van der Waals surface area contributed by atoms with Gasteiger partial charge in [0.2, 0.25) is 11.8 Å². The van der Waals surface area contributed by atoms with Gasteiger partial charge in [0.15, 0.2) is 9.84 Å². The van der Waals surface area contributed by atoms with Crippen LogP contribution in [0.2, 0.25) is 0 Å². The van der Waals surface area contributed by atoms with Gasteiger partial charge in [-0.3, -0.25) is 9.59 Å². The number of hydrogen-bond donors (Lipinski definition) is 2. The zero-order valence-corrected chi connectivity index (χ0v) is 18.9. The van der Waals surface area contributed by atoms with Crippen molar-refractivity contribution in [3.8, 4) is 0 Å². The lowest BCUT2D eigenvalue weighted by Gasteiger charge is -2.34. The van der Waals surface area contributed by atoms with E-state index in [1.807, 2.05) is 6.92 Å². The van der Waals surface area contributed by atoms with Crippen LogP contribution in [0.15, 0.2) is 28.0 Å². The van der Waals surface area contributed by atoms with E-state index in [9.17, 15) is 18.0 Å². The molecular weight excluding hydrogens is 408 g/mol. The van der Waals surface area contributed by atoms with Gasteiger partial charge < -0.3 is 10.6 Å². The van der Waals surface area contributed by atoms with E-state index in [-0.39, 0.29) is 40.2 Å². The fourth-order valence-electron chi connectivity index (χ4n) is 4.00. The van der Waals surface area contributed by atoms with Gasteiger partial charge in [0.1, 0.15) is 0 Å². The molecule has 1 fully saturated rings. The molecule has 29 heavy (non-hydrogen) atoms. The molecule has 1 aromatic rings. The van der Waals surface area contributed by atoms with Crippen LogP contribution in [0.3, 0.4) is 0 Å². The summed E-state index contributed by atoms with van der Waals surface area (Å²) < 4.78 is 25.5. The van der Waals surface area contributed by atoms with Crippen LogP contribution in [0, 0.1) is 11.8 Å². The standard InChI is InChI=1S/C21H30N2O4S2/c1-4-18-21(25)23-17-9-8-15(12-19(17)28-18)29(26,27)11-10-20(24)22-16-7-5-6-13(2)14(16)3/h8-9,12-14,16,18H,4-7,10-11H2,1-3H3,(H,22,24)(H,23,25). The fourth-order valence-corrected chi connectivity index (χ4v) is 6.41. The van der Waals surface area contributed by atoms with E-state index in [0.717, 1.165) is 17.7 Å². The highest BCUT2D eigenvalue weighted by Gasteiger charge is 2.29. The van der Waals surface area contributed by atoms with E-state index in [1.165, 1.54) is 24.2 Å². The van der Waals surface area contributed by atoms with Crippen molar-refractivity contribution in [2.45, 2.75) is 74.0 Å². The van der Waals surface area contributed by atoms with Crippen molar-refractivity contribution in [2.75, 3.05) is 11.1 Å². The second-order valence-electron chi connectivity index (χ2n) is 8.17. The first kappa shape index (κ1) is 22.2. The van der Waals surface area contributed by atoms with Gasteiger partial charge in [-0.05, 0) is 42.9 Å². The van der Waals surface area contributed by atoms with Gasteiger partial charge in [-0.1, -0.05) is 33.6 Å². The molecule has 4 unspecified atom stereocenters. The molecule has 0 saturated heterocycles. The molecule has 8 heteroatoms. The van der Waals surface area contributed by atoms with Gasteiger partial charge in [-0.25, -0.2) is 8.42 Å². The molecule has 2 N–H and O–H groups in total. The zero-order valence-electron chi connectivity index (χ0n) is 17.2. The summed E-state index contributed by atoms with van der Waals surface area (Å²) in [6, 6.07) is 4.87. The molecule has 160 valence electrons. The summed E-state index contributed by atoms with van der Waals surface area (Å²) in [4.78, 5) is 25.3. The molecule has 1 saturated carbocycles. The second kappa shape index (κ2) is 9.08. The van der Waals surface area contributed by atoms with Crippen molar-refractivity contribution in [1.29, 1.82) is 0 Å². The number of benzene rings is 1. The highest BCUT2D eigenvalue weighted by molar-refractivity contribution is 8.01. The van der Waals surface area contributed by atoms with Crippen molar-refractivity contribution < 1.29 is 18.0 Å². The molecule has 0 bridgehead atoms. The third-order valence-electron chi connectivity index (χ3n) is 6.15. The SMILES string of the molecule is CCC1Sc2cc(S(=O)(=O)CCC(=O)NC3CCCC(C)C3C)ccc2NC1=O. The zero-order chi connectivity index (χ0) is 21.2. The average Bonchev–Trinajstić information content (AvgIpc) is 2.69. The van der Waals surface area contributed by atoms with Gasteiger partial charge >= 0.3 is 0 Å². The molecule has 2 amide bonds. The van der Waals surface area contributed by atoms with Crippen LogP contribution in [0.1, 0.15) is 52.9 Å². The van der Waals surface area contributed by atoms with Crippen molar-refractivity contribution in [2.24, 2.45) is 11.8 Å². The van der Waals surface area contributed by atoms with Crippen molar-refractivity contribution in [1.82, 2.24) is 5.32 Å². The minimum Gasteiger partial charge on any atom is -0.353 e. The Bertz CT molecular complexity index is 885. The lowest BCUT2D eigenvalue weighted by molar-refractivity contribution is -0.122. The quantitative estimate of drug-likeness (QED) is 0.708. The summed E-state index contributed by atoms with van der Waals surface area (Å²) in [7, 11) is -3.58. The van der Waals surface area contributed by atoms with E-state index in [0.29, 0.717) is 23.9 Å². The minimum absolute atomic E-state index is 0.0432. The molecule has 1 aliphatic heterocycles. The third kappa shape index (κ3) is 5.15. The number of anilines is 1. The average molecular weight is 439 g/mol. The monoisotopic (exact) mass is 438 g/mol. The first-order valence-corrected chi connectivity index (χ1v) is 12.9. The Morgan fingerprint density at radius 3 is 2.76 bits per heavy atom. The molecule has 1 aliphatic carbocycles. The van der Waals surface area contributed by atoms with Crippen LogP contribution in [0.5, 0.6) is 0 Å². The fraction of sp³-hybridized carbons (Fsp3) is 0.619. The first-order chi connectivity index (χ1) is 13.7. The smallest absolute Gasteiger partial charge is 0.237 e. The Morgan fingerprint density at radius 1 is 1.28 bits per heavy atom. The Balaban J connectivity index is 1.63. The number of rotatable bonds is 6. The number of amides is 2. The molecule has 6 nitrogen and oxygen atoms in total. The number of hydrogen-bond acceptors (Lipinski definition) is 5. The third-order valence-corrected chi connectivity index (χ3v) is 9.29. The number of thioether (sulfide) groups is 1. The molecule has 3 rings (SSSR count). The lowest BCUT2D eigenvalue weighted by Crippen LogP contribution is -2.44. The normalized spacial score (nSPS) is 27.1. The summed E-state index contributed by atoms with van der Waals surface area (Å²) in [5, 5.41) is 5.64. The van der Waals surface area contributed by atoms with E-state index < -0.39 is 9.84 Å². The van der Waals surface area contributed by atoms with Gasteiger partial charge in [0.25, 0.3) is 0 Å². The van der Waals surface area contributed by atoms with Gasteiger partial charge in [0.05, 0.1) is 21.6 Å². The van der Waals surface area contributed by atoms with Crippen LogP contribution in [0.25, 0.3) is 0 Å². The van der Waals surface area contributed by atoms with Crippen molar-refractivity contribution in [3.05, 3.63) is 18.2 Å². The molecule has 2 aliphatic rings. The second-order valence-corrected chi connectivity index (χ2v) is 11.5. The Labute approximate surface area is 177 Å². The van der Waals surface area contributed by atoms with Crippen molar-refractivity contribution >= 4 is 39.1 Å². The van der Waals surface area contributed by atoms with Crippen LogP contribution >= 0.6 is 11.8 Å². The lowest BCUT2D eigenvalue weighted by atomic mass is 9.78. The van der Waals surface area contributed by atoms with Crippen LogP contribution < -0.4 is 10.6 Å². The molecule has 1 aromatic carbocycles. The first-order valence-electron chi connectivity index (χ1n) is 10.3. The van der Waals surface area contributed by atoms with Crippen LogP contribution in [0.4, 0.5) is 5.69 Å². The Hall–Kier alpha value is -1.54. The summed E-state index contributed by atoms with van der Waals surface area (Å²) in [6.45, 7) is 6.28. The highest BCUT2D eigenvalue weighted by atomic mass is 32.2. The van der Waals surface area contributed by atoms with E-state index in [2.05, 4.69) is 24.5 Å². The summed E-state index contributed by atoms with van der Waals surface area (Å²) in [5.74, 6) is 0.498. The summed E-state index contributed by atoms with van der Waals surface area (Å²) in [5.41, 5.74) is 0.641. The van der Waals surface area contributed by atoms with E-state index >= 15 is 0 Å². The minimum atomic E-state index is -3.58. The van der Waals surface area contributed by atoms with Gasteiger partial charge in [0, 0.05) is 17.4 Å². The van der Waals surface area contributed by atoms with E-state index in [1.54, 1.807) is 12.1 Å². The maximum Gasteiger partial charge on any atom is 0.237 e. The Morgan fingerprint density at radius 2 is 2.03 bits per heavy atom. The Kier molecular flexibility index (Phi) is 6.94. The number of sulfone groups is 1. The van der Waals surface area contributed by atoms with Gasteiger partial charge in [-0.15, -0.1) is 11.8 Å². The van der Waals surface area contributed by atoms with Gasteiger partial charge in [-0.2, -0.15) is 0 Å². The summed E-state index contributed by atoms with van der Waals surface area (Å²) >= 11 is 1.39. The largest absolute Gasteiger partial charge is 0.353 e. The maximum absolute atomic E-state index is 12.8. The number of carbonyl (C=O) groups excluding carboxylic acids is 2. The molecule has 0 aromatic heterocycles. The molecule has 0 radical (unpaired) electrons. The predicted molar refractivity (Wildman–Crippen MR) is 116 cm³/mol. The highest BCUT2D eigenvalue weighted by Crippen LogP contribution is 2.38. The van der Waals surface area contributed by atoms with Crippen LogP contribution in [-0.4, -0.2) is 37.3 Å². The predicted octanol–water partition coefficient (Wildman–Crippen LogP) is 3.61.